The van der Waals surface area contributed by atoms with Crippen molar-refractivity contribution in [1.82, 2.24) is 0 Å². The molecule has 0 N–H and O–H groups in total. The molecule has 0 saturated carbocycles. The molecule has 2 heteroatoms. The van der Waals surface area contributed by atoms with Crippen molar-refractivity contribution in [2.24, 2.45) is 17.3 Å². The molecule has 42 heavy (non-hydrogen) atoms. The van der Waals surface area contributed by atoms with Gasteiger partial charge >= 0.3 is 5.97 Å². The summed E-state index contributed by atoms with van der Waals surface area (Å²) in [4.78, 5) is 12.1. The van der Waals surface area contributed by atoms with Crippen LogP contribution in [0.15, 0.2) is 71.9 Å². The summed E-state index contributed by atoms with van der Waals surface area (Å²) in [7, 11) is 0. The van der Waals surface area contributed by atoms with Crippen LogP contribution in [0.4, 0.5) is 0 Å². The van der Waals surface area contributed by atoms with Crippen LogP contribution in [-0.2, 0) is 9.53 Å². The molecule has 0 radical (unpaired) electrons. The number of hydrogen-bond acceptors (Lipinski definition) is 2. The highest BCUT2D eigenvalue weighted by Crippen LogP contribution is 2.43. The van der Waals surface area contributed by atoms with E-state index in [1.54, 1.807) is 5.57 Å². The fourth-order valence-electron chi connectivity index (χ4n) is 5.83. The zero-order valence-corrected chi connectivity index (χ0v) is 28.5. The first kappa shape index (κ1) is 37.9. The molecule has 0 aromatic rings. The van der Waals surface area contributed by atoms with E-state index in [4.69, 9.17) is 4.74 Å². The monoisotopic (exact) mass is 579 g/mol. The van der Waals surface area contributed by atoms with Crippen molar-refractivity contribution in [3.05, 3.63) is 71.9 Å². The Labute approximate surface area is 261 Å². The number of rotatable bonds is 23. The van der Waals surface area contributed by atoms with Gasteiger partial charge in [0.25, 0.3) is 0 Å². The van der Waals surface area contributed by atoms with Crippen molar-refractivity contribution in [3.8, 4) is 0 Å². The van der Waals surface area contributed by atoms with Crippen molar-refractivity contribution >= 4 is 5.97 Å². The van der Waals surface area contributed by atoms with E-state index in [0.29, 0.717) is 24.4 Å². The van der Waals surface area contributed by atoms with Crippen LogP contribution < -0.4 is 0 Å². The number of ether oxygens (including phenoxy) is 1. The third-order valence-electron chi connectivity index (χ3n) is 8.81. The molecule has 0 bridgehead atoms. The lowest BCUT2D eigenvalue weighted by molar-refractivity contribution is -0.144. The molecule has 0 fully saturated rings. The number of carbonyl (C=O) groups is 1. The van der Waals surface area contributed by atoms with Gasteiger partial charge in [0.05, 0.1) is 6.61 Å². The normalized spacial score (nSPS) is 18.5. The van der Waals surface area contributed by atoms with E-state index in [0.717, 1.165) is 57.3 Å². The Kier molecular flexibility index (Phi) is 22.0. The Hall–Kier alpha value is -2.09. The van der Waals surface area contributed by atoms with Gasteiger partial charge in [-0.3, -0.25) is 4.79 Å². The van der Waals surface area contributed by atoms with Gasteiger partial charge in [-0.05, 0) is 121 Å². The second kappa shape index (κ2) is 24.4. The van der Waals surface area contributed by atoms with Gasteiger partial charge in [-0.15, -0.1) is 0 Å². The van der Waals surface area contributed by atoms with E-state index in [-0.39, 0.29) is 5.97 Å². The first-order valence-corrected chi connectivity index (χ1v) is 17.3. The molecule has 0 heterocycles. The van der Waals surface area contributed by atoms with Gasteiger partial charge in [-0.25, -0.2) is 0 Å². The highest BCUT2D eigenvalue weighted by atomic mass is 16.5. The van der Waals surface area contributed by atoms with Crippen LogP contribution in [0.1, 0.15) is 151 Å². The Morgan fingerprint density at radius 2 is 1.52 bits per heavy atom. The fraction of sp³-hybridized carbons (Fsp3) is 0.675. The van der Waals surface area contributed by atoms with Gasteiger partial charge in [0, 0.05) is 6.42 Å². The van der Waals surface area contributed by atoms with Gasteiger partial charge in [0.1, 0.15) is 0 Å². The zero-order chi connectivity index (χ0) is 30.9. The predicted molar refractivity (Wildman–Crippen MR) is 186 cm³/mol. The molecule has 2 unspecified atom stereocenters. The third-order valence-corrected chi connectivity index (χ3v) is 8.81. The Bertz CT molecular complexity index is 879. The van der Waals surface area contributed by atoms with E-state index in [9.17, 15) is 4.79 Å². The largest absolute Gasteiger partial charge is 0.466 e. The summed E-state index contributed by atoms with van der Waals surface area (Å²) in [6.45, 7) is 14.6. The van der Waals surface area contributed by atoms with Crippen molar-refractivity contribution in [1.29, 1.82) is 0 Å². The van der Waals surface area contributed by atoms with E-state index in [1.165, 1.54) is 56.9 Å². The number of carbonyl (C=O) groups excluding carboxylic acids is 1. The molecular weight excluding hydrogens is 512 g/mol. The number of esters is 1. The lowest BCUT2D eigenvalue weighted by Gasteiger charge is -2.38. The molecule has 1 rings (SSSR count). The van der Waals surface area contributed by atoms with Crippen molar-refractivity contribution < 1.29 is 9.53 Å². The lowest BCUT2D eigenvalue weighted by Crippen LogP contribution is -2.27. The molecule has 0 aliphatic heterocycles. The minimum atomic E-state index is -0.0520. The number of unbranched alkanes of at least 4 members (excludes halogenated alkanes) is 4. The average molecular weight is 579 g/mol. The first-order valence-electron chi connectivity index (χ1n) is 17.3. The Balaban J connectivity index is 2.02. The Morgan fingerprint density at radius 1 is 0.905 bits per heavy atom. The van der Waals surface area contributed by atoms with Gasteiger partial charge in [-0.2, -0.15) is 0 Å². The van der Waals surface area contributed by atoms with E-state index in [2.05, 4.69) is 102 Å². The summed E-state index contributed by atoms with van der Waals surface area (Å²) in [5.74, 6) is 1.24. The van der Waals surface area contributed by atoms with Crippen LogP contribution in [-0.4, -0.2) is 12.6 Å². The molecule has 1 aliphatic rings. The van der Waals surface area contributed by atoms with Crippen LogP contribution in [0.2, 0.25) is 0 Å². The summed E-state index contributed by atoms with van der Waals surface area (Å²) < 4.78 is 5.50. The predicted octanol–water partition coefficient (Wildman–Crippen LogP) is 12.6. The van der Waals surface area contributed by atoms with E-state index >= 15 is 0 Å². The highest BCUT2D eigenvalue weighted by molar-refractivity contribution is 5.69. The smallest absolute Gasteiger partial charge is 0.305 e. The summed E-state index contributed by atoms with van der Waals surface area (Å²) in [6.07, 6.45) is 41.5. The molecule has 0 saturated heterocycles. The van der Waals surface area contributed by atoms with Crippen molar-refractivity contribution in [2.75, 3.05) is 6.61 Å². The standard InChI is InChI=1S/C40H66O2/c1-7-8-9-10-11-12-13-14-15-16-17-18-19-20-21-22-23-29-39(41)42-34-32-36(3)27-24-26-35(2)30-31-38-37(4)28-25-33-40(38,5)6/h11-12,14-15,17-18,20-21,26,28,36,38H,7-10,13,16,19,22-25,27,29-34H2,1-6H3. The van der Waals surface area contributed by atoms with Crippen molar-refractivity contribution in [3.63, 3.8) is 0 Å². The first-order chi connectivity index (χ1) is 20.3. The fourth-order valence-corrected chi connectivity index (χ4v) is 5.83. The summed E-state index contributed by atoms with van der Waals surface area (Å²) in [5, 5.41) is 0. The van der Waals surface area contributed by atoms with Gasteiger partial charge < -0.3 is 4.74 Å². The molecule has 238 valence electrons. The third kappa shape index (κ3) is 19.9. The summed E-state index contributed by atoms with van der Waals surface area (Å²) >= 11 is 0. The minimum Gasteiger partial charge on any atom is -0.466 e. The minimum absolute atomic E-state index is 0.0520. The maximum Gasteiger partial charge on any atom is 0.305 e. The molecule has 2 nitrogen and oxygen atoms in total. The second-order valence-corrected chi connectivity index (χ2v) is 13.3. The lowest BCUT2D eigenvalue weighted by atomic mass is 9.67. The van der Waals surface area contributed by atoms with Crippen LogP contribution >= 0.6 is 0 Å². The average Bonchev–Trinajstić information content (AvgIpc) is 2.94. The van der Waals surface area contributed by atoms with Crippen LogP contribution in [0.5, 0.6) is 0 Å². The Morgan fingerprint density at radius 3 is 2.14 bits per heavy atom. The van der Waals surface area contributed by atoms with Crippen LogP contribution in [0.25, 0.3) is 0 Å². The molecule has 0 spiro atoms. The van der Waals surface area contributed by atoms with Gasteiger partial charge in [0.15, 0.2) is 0 Å². The maximum atomic E-state index is 12.1. The van der Waals surface area contributed by atoms with Crippen LogP contribution in [0.3, 0.4) is 0 Å². The topological polar surface area (TPSA) is 26.3 Å². The molecule has 0 aromatic heterocycles. The highest BCUT2D eigenvalue weighted by Gasteiger charge is 2.32. The molecular formula is C40H66O2. The number of allylic oxidation sites excluding steroid dienone is 12. The summed E-state index contributed by atoms with van der Waals surface area (Å²) in [5.41, 5.74) is 3.55. The molecule has 0 aromatic carbocycles. The molecule has 1 aliphatic carbocycles. The zero-order valence-electron chi connectivity index (χ0n) is 28.5. The van der Waals surface area contributed by atoms with E-state index < -0.39 is 0 Å². The van der Waals surface area contributed by atoms with Crippen LogP contribution in [0, 0.1) is 17.3 Å². The van der Waals surface area contributed by atoms with E-state index in [1.807, 2.05) is 0 Å². The van der Waals surface area contributed by atoms with Gasteiger partial charge in [0.2, 0.25) is 0 Å². The van der Waals surface area contributed by atoms with Gasteiger partial charge in [-0.1, -0.05) is 112 Å². The summed E-state index contributed by atoms with van der Waals surface area (Å²) in [6, 6.07) is 0. The quantitative estimate of drug-likeness (QED) is 0.0684. The number of hydrogen-bond donors (Lipinski definition) is 0. The SMILES string of the molecule is CCCCCC=CCC=CCC=CCC=CCCCC(=O)OCCC(C)CCC=C(C)CCC1C(C)=CCCC1(C)C. The van der Waals surface area contributed by atoms with Crippen molar-refractivity contribution in [2.45, 2.75) is 151 Å². The maximum absolute atomic E-state index is 12.1. The molecule has 2 atom stereocenters. The molecule has 0 amide bonds. The second-order valence-electron chi connectivity index (χ2n) is 13.3.